The van der Waals surface area contributed by atoms with Crippen molar-refractivity contribution in [3.63, 3.8) is 0 Å². The number of benzene rings is 2. The molecule has 0 aliphatic heterocycles. The fraction of sp³-hybridized carbons (Fsp3) is 0.409. The van der Waals surface area contributed by atoms with Crippen LogP contribution in [0.2, 0.25) is 0 Å². The maximum absolute atomic E-state index is 12.0. The molecule has 0 aliphatic rings. The first-order chi connectivity index (χ1) is 13.5. The average Bonchev–Trinajstić information content (AvgIpc) is 2.74. The predicted molar refractivity (Wildman–Crippen MR) is 110 cm³/mol. The van der Waals surface area contributed by atoms with Crippen molar-refractivity contribution >= 4 is 6.21 Å². The van der Waals surface area contributed by atoms with Crippen LogP contribution in [0, 0.1) is 10.1 Å². The molecule has 2 aromatic rings. The topological polar surface area (TPSA) is 74.0 Å². The van der Waals surface area contributed by atoms with E-state index in [2.05, 4.69) is 4.99 Å². The van der Waals surface area contributed by atoms with Crippen LogP contribution in [-0.4, -0.2) is 37.2 Å². The van der Waals surface area contributed by atoms with Crippen LogP contribution in [0.5, 0.6) is 0 Å². The van der Waals surface area contributed by atoms with E-state index in [0.29, 0.717) is 12.8 Å². The summed E-state index contributed by atoms with van der Waals surface area (Å²) < 4.78 is 11.0. The van der Waals surface area contributed by atoms with Crippen LogP contribution >= 0.6 is 0 Å². The molecule has 0 aliphatic carbocycles. The van der Waals surface area contributed by atoms with Crippen molar-refractivity contribution in [1.29, 1.82) is 0 Å². The summed E-state index contributed by atoms with van der Waals surface area (Å²) in [5.41, 5.74) is 1.72. The minimum atomic E-state index is -0.890. The number of aliphatic imine (C=N–C) groups is 1. The highest BCUT2D eigenvalue weighted by molar-refractivity contribution is 5.79. The Kier molecular flexibility index (Phi) is 8.29. The average molecular weight is 384 g/mol. The monoisotopic (exact) mass is 384 g/mol. The van der Waals surface area contributed by atoms with E-state index in [9.17, 15) is 10.1 Å². The number of hydrogen-bond acceptors (Lipinski definition) is 5. The molecule has 6 nitrogen and oxygen atoms in total. The van der Waals surface area contributed by atoms with Crippen LogP contribution in [0.1, 0.15) is 43.4 Å². The van der Waals surface area contributed by atoms with E-state index in [0.717, 1.165) is 11.1 Å². The van der Waals surface area contributed by atoms with E-state index in [-0.39, 0.29) is 11.3 Å². The van der Waals surface area contributed by atoms with Gasteiger partial charge in [0, 0.05) is 38.2 Å². The molecule has 0 heterocycles. The van der Waals surface area contributed by atoms with Crippen LogP contribution in [0.25, 0.3) is 0 Å². The second-order valence-corrected chi connectivity index (χ2v) is 6.61. The molecule has 0 saturated heterocycles. The molecule has 0 amide bonds. The van der Waals surface area contributed by atoms with Gasteiger partial charge in [0.15, 0.2) is 5.79 Å². The van der Waals surface area contributed by atoms with Gasteiger partial charge in [-0.1, -0.05) is 67.6 Å². The van der Waals surface area contributed by atoms with Crippen molar-refractivity contribution in [2.45, 2.75) is 44.1 Å². The summed E-state index contributed by atoms with van der Waals surface area (Å²) in [6, 6.07) is 17.5. The summed E-state index contributed by atoms with van der Waals surface area (Å²) >= 11 is 0. The molecular formula is C22H28N2O4. The normalized spacial score (nSPS) is 14.1. The highest BCUT2D eigenvalue weighted by Crippen LogP contribution is 2.30. The van der Waals surface area contributed by atoms with Crippen molar-refractivity contribution in [3.05, 3.63) is 81.9 Å². The molecule has 0 radical (unpaired) electrons. The third-order valence-electron chi connectivity index (χ3n) is 5.06. The van der Waals surface area contributed by atoms with Crippen molar-refractivity contribution in [3.8, 4) is 0 Å². The zero-order valence-corrected chi connectivity index (χ0v) is 16.7. The van der Waals surface area contributed by atoms with E-state index in [1.54, 1.807) is 20.4 Å². The minimum absolute atomic E-state index is 0.244. The van der Waals surface area contributed by atoms with Crippen LogP contribution in [0.3, 0.4) is 0 Å². The summed E-state index contributed by atoms with van der Waals surface area (Å²) in [7, 11) is 3.13. The Balaban J connectivity index is 2.32. The summed E-state index contributed by atoms with van der Waals surface area (Å²) in [5.74, 6) is -0.821. The Morgan fingerprint density at radius 3 is 2.14 bits per heavy atom. The summed E-state index contributed by atoms with van der Waals surface area (Å²) in [6.45, 7) is 1.94. The molecule has 6 heteroatoms. The second kappa shape index (κ2) is 10.7. The molecule has 0 bridgehead atoms. The number of methoxy groups -OCH3 is 2. The largest absolute Gasteiger partial charge is 0.353 e. The zero-order valence-electron chi connectivity index (χ0n) is 16.7. The van der Waals surface area contributed by atoms with Gasteiger partial charge in [0.2, 0.25) is 6.04 Å². The number of nitrogens with zero attached hydrogens (tertiary/aromatic N) is 2. The van der Waals surface area contributed by atoms with Gasteiger partial charge < -0.3 is 9.47 Å². The lowest BCUT2D eigenvalue weighted by molar-refractivity contribution is -0.528. The Morgan fingerprint density at radius 1 is 1.07 bits per heavy atom. The standard InChI is InChI=1S/C22H28N2O4/c1-4-22(27-2,28-3)16-15-20(24(25)26)21(19-13-9-6-10-14-19)23-17-18-11-7-5-8-12-18/h5-14,17,20-21H,4,15-16H2,1-3H3/t20-,21-/m0/s1. The lowest BCUT2D eigenvalue weighted by atomic mass is 9.93. The van der Waals surface area contributed by atoms with Gasteiger partial charge in [0.25, 0.3) is 0 Å². The minimum Gasteiger partial charge on any atom is -0.353 e. The van der Waals surface area contributed by atoms with E-state index in [1.165, 1.54) is 0 Å². The lowest BCUT2D eigenvalue weighted by Crippen LogP contribution is -2.36. The Labute approximate surface area is 166 Å². The first-order valence-corrected chi connectivity index (χ1v) is 9.42. The Morgan fingerprint density at radius 2 is 1.64 bits per heavy atom. The van der Waals surface area contributed by atoms with Crippen LogP contribution in [0.4, 0.5) is 0 Å². The number of rotatable bonds is 11. The maximum Gasteiger partial charge on any atom is 0.239 e. The third-order valence-corrected chi connectivity index (χ3v) is 5.06. The van der Waals surface area contributed by atoms with Crippen molar-refractivity contribution in [2.24, 2.45) is 4.99 Å². The molecule has 28 heavy (non-hydrogen) atoms. The van der Waals surface area contributed by atoms with Gasteiger partial charge in [-0.05, 0) is 17.5 Å². The van der Waals surface area contributed by atoms with Crippen molar-refractivity contribution in [1.82, 2.24) is 0 Å². The van der Waals surface area contributed by atoms with Crippen molar-refractivity contribution in [2.75, 3.05) is 14.2 Å². The van der Waals surface area contributed by atoms with Gasteiger partial charge in [0.05, 0.1) is 0 Å². The van der Waals surface area contributed by atoms with Crippen LogP contribution in [-0.2, 0) is 9.47 Å². The van der Waals surface area contributed by atoms with Gasteiger partial charge in [0.1, 0.15) is 6.04 Å². The molecule has 2 atom stereocenters. The van der Waals surface area contributed by atoms with E-state index < -0.39 is 17.9 Å². The lowest BCUT2D eigenvalue weighted by Gasteiger charge is -2.30. The summed E-state index contributed by atoms with van der Waals surface area (Å²) in [6.07, 6.45) is 3.00. The first kappa shape index (κ1) is 21.7. The second-order valence-electron chi connectivity index (χ2n) is 6.61. The van der Waals surface area contributed by atoms with Gasteiger partial charge >= 0.3 is 0 Å². The number of nitro groups is 1. The van der Waals surface area contributed by atoms with E-state index >= 15 is 0 Å². The van der Waals surface area contributed by atoms with Gasteiger partial charge in [-0.3, -0.25) is 15.1 Å². The molecule has 2 rings (SSSR count). The predicted octanol–water partition coefficient (Wildman–Crippen LogP) is 4.67. The first-order valence-electron chi connectivity index (χ1n) is 9.42. The molecular weight excluding hydrogens is 356 g/mol. The molecule has 150 valence electrons. The Hall–Kier alpha value is -2.57. The summed E-state index contributed by atoms with van der Waals surface area (Å²) in [4.78, 5) is 16.3. The van der Waals surface area contributed by atoms with Crippen LogP contribution < -0.4 is 0 Å². The molecule has 0 spiro atoms. The SMILES string of the molecule is CCC(CC[C@@H]([C@@H](N=Cc1ccccc1)c1ccccc1)[N+](=O)[O-])(OC)OC. The van der Waals surface area contributed by atoms with Crippen molar-refractivity contribution < 1.29 is 14.4 Å². The smallest absolute Gasteiger partial charge is 0.239 e. The molecule has 0 aromatic heterocycles. The van der Waals surface area contributed by atoms with Gasteiger partial charge in [-0.25, -0.2) is 0 Å². The molecule has 2 aromatic carbocycles. The van der Waals surface area contributed by atoms with E-state index in [1.807, 2.05) is 67.6 Å². The fourth-order valence-corrected chi connectivity index (χ4v) is 3.26. The quantitative estimate of drug-likeness (QED) is 0.244. The third kappa shape index (κ3) is 5.71. The van der Waals surface area contributed by atoms with E-state index in [4.69, 9.17) is 9.47 Å². The summed E-state index contributed by atoms with van der Waals surface area (Å²) in [5, 5.41) is 12.0. The highest BCUT2D eigenvalue weighted by atomic mass is 16.7. The number of hydrogen-bond donors (Lipinski definition) is 0. The Bertz CT molecular complexity index is 737. The van der Waals surface area contributed by atoms with Gasteiger partial charge in [-0.15, -0.1) is 0 Å². The fourth-order valence-electron chi connectivity index (χ4n) is 3.26. The molecule has 0 N–H and O–H groups in total. The van der Waals surface area contributed by atoms with Crippen LogP contribution in [0.15, 0.2) is 65.7 Å². The molecule has 0 unspecified atom stereocenters. The highest BCUT2D eigenvalue weighted by Gasteiger charge is 2.36. The van der Waals surface area contributed by atoms with Gasteiger partial charge in [-0.2, -0.15) is 0 Å². The number of ether oxygens (including phenoxy) is 2. The molecule has 0 fully saturated rings. The molecule has 0 saturated carbocycles. The zero-order chi connectivity index (χ0) is 20.4. The maximum atomic E-state index is 12.0.